The molecule has 0 aliphatic heterocycles. The van der Waals surface area contributed by atoms with Gasteiger partial charge in [0.05, 0.1) is 5.56 Å². The van der Waals surface area contributed by atoms with Gasteiger partial charge in [0, 0.05) is 6.54 Å². The number of rotatable bonds is 5. The van der Waals surface area contributed by atoms with Crippen molar-refractivity contribution in [2.75, 3.05) is 20.6 Å². The molecule has 0 spiro atoms. The number of benzene rings is 1. The minimum absolute atomic E-state index is 0.0389. The van der Waals surface area contributed by atoms with Crippen LogP contribution in [0.25, 0.3) is 0 Å². The average Bonchev–Trinajstić information content (AvgIpc) is 2.15. The predicted molar refractivity (Wildman–Crippen MR) is 70.8 cm³/mol. The number of nitrogen functional groups attached to an aromatic ring is 1. The lowest BCUT2D eigenvalue weighted by Gasteiger charge is -2.20. The Bertz CT molecular complexity index is 402. The molecule has 17 heavy (non-hydrogen) atoms. The van der Waals surface area contributed by atoms with Crippen LogP contribution in [0.4, 0.5) is 0 Å². The molecule has 4 heteroatoms. The van der Waals surface area contributed by atoms with Gasteiger partial charge in [-0.25, -0.2) is 0 Å². The van der Waals surface area contributed by atoms with Crippen molar-refractivity contribution in [1.82, 2.24) is 4.90 Å². The Morgan fingerprint density at radius 3 is 2.65 bits per heavy atom. The normalized spacial score (nSPS) is 12.5. The number of hydrogen-bond acceptors (Lipinski definition) is 3. The van der Waals surface area contributed by atoms with Gasteiger partial charge in [-0.3, -0.25) is 5.41 Å². The van der Waals surface area contributed by atoms with E-state index in [1.807, 2.05) is 46.1 Å². The molecule has 0 heterocycles. The van der Waals surface area contributed by atoms with Gasteiger partial charge in [0.2, 0.25) is 0 Å². The highest BCUT2D eigenvalue weighted by Crippen LogP contribution is 2.21. The summed E-state index contributed by atoms with van der Waals surface area (Å²) < 4.78 is 5.84. The SMILES string of the molecule is Cc1ccc(C(=N)N)c(OC(C)CN(C)C)c1. The lowest BCUT2D eigenvalue weighted by molar-refractivity contribution is 0.176. The highest BCUT2D eigenvalue weighted by molar-refractivity contribution is 5.97. The molecular formula is C13H21N3O. The number of likely N-dealkylation sites (N-methyl/N-ethyl adjacent to an activating group) is 1. The van der Waals surface area contributed by atoms with Crippen LogP contribution < -0.4 is 10.5 Å². The summed E-state index contributed by atoms with van der Waals surface area (Å²) in [6.45, 7) is 4.82. The van der Waals surface area contributed by atoms with Crippen molar-refractivity contribution in [2.24, 2.45) is 5.73 Å². The highest BCUT2D eigenvalue weighted by atomic mass is 16.5. The quantitative estimate of drug-likeness (QED) is 0.602. The molecular weight excluding hydrogens is 214 g/mol. The Kier molecular flexibility index (Phi) is 4.52. The molecule has 1 aromatic carbocycles. The molecule has 0 aliphatic rings. The van der Waals surface area contributed by atoms with Crippen LogP contribution in [-0.2, 0) is 0 Å². The second-order valence-electron chi connectivity index (χ2n) is 4.60. The van der Waals surface area contributed by atoms with Crippen molar-refractivity contribution < 1.29 is 4.74 Å². The molecule has 0 bridgehead atoms. The van der Waals surface area contributed by atoms with Gasteiger partial charge in [-0.2, -0.15) is 0 Å². The van der Waals surface area contributed by atoms with Crippen molar-refractivity contribution >= 4 is 5.84 Å². The fourth-order valence-electron chi connectivity index (χ4n) is 1.72. The minimum Gasteiger partial charge on any atom is -0.489 e. The van der Waals surface area contributed by atoms with Crippen LogP contribution in [0.1, 0.15) is 18.1 Å². The maximum Gasteiger partial charge on any atom is 0.130 e. The predicted octanol–water partition coefficient (Wildman–Crippen LogP) is 1.61. The van der Waals surface area contributed by atoms with Crippen molar-refractivity contribution in [3.63, 3.8) is 0 Å². The van der Waals surface area contributed by atoms with Gasteiger partial charge in [-0.05, 0) is 45.6 Å². The van der Waals surface area contributed by atoms with Gasteiger partial charge in [-0.15, -0.1) is 0 Å². The Labute approximate surface area is 103 Å². The van der Waals surface area contributed by atoms with Gasteiger partial charge in [0.15, 0.2) is 0 Å². The molecule has 1 aromatic rings. The van der Waals surface area contributed by atoms with E-state index in [0.29, 0.717) is 11.3 Å². The van der Waals surface area contributed by atoms with Crippen molar-refractivity contribution in [1.29, 1.82) is 5.41 Å². The third-order valence-electron chi connectivity index (χ3n) is 2.38. The first-order valence-corrected chi connectivity index (χ1v) is 5.66. The summed E-state index contributed by atoms with van der Waals surface area (Å²) in [7, 11) is 4.00. The number of nitrogens with zero attached hydrogens (tertiary/aromatic N) is 1. The molecule has 0 saturated heterocycles. The number of aryl methyl sites for hydroxylation is 1. The van der Waals surface area contributed by atoms with Crippen molar-refractivity contribution in [3.8, 4) is 5.75 Å². The number of nitrogens with one attached hydrogen (secondary N) is 1. The lowest BCUT2D eigenvalue weighted by atomic mass is 10.1. The molecule has 1 unspecified atom stereocenters. The molecule has 0 saturated carbocycles. The summed E-state index contributed by atoms with van der Waals surface area (Å²) in [6, 6.07) is 5.68. The number of amidine groups is 1. The molecule has 1 atom stereocenters. The number of hydrogen-bond donors (Lipinski definition) is 2. The molecule has 0 aromatic heterocycles. The number of nitrogens with two attached hydrogens (primary N) is 1. The highest BCUT2D eigenvalue weighted by Gasteiger charge is 2.11. The van der Waals surface area contributed by atoms with E-state index in [2.05, 4.69) is 4.90 Å². The van der Waals surface area contributed by atoms with E-state index in [0.717, 1.165) is 12.1 Å². The first kappa shape index (κ1) is 13.5. The monoisotopic (exact) mass is 235 g/mol. The fraction of sp³-hybridized carbons (Fsp3) is 0.462. The molecule has 0 fully saturated rings. The van der Waals surface area contributed by atoms with E-state index in [9.17, 15) is 0 Å². The molecule has 0 radical (unpaired) electrons. The molecule has 0 aliphatic carbocycles. The summed E-state index contributed by atoms with van der Waals surface area (Å²) in [5.74, 6) is 0.726. The summed E-state index contributed by atoms with van der Waals surface area (Å²) in [5, 5.41) is 7.52. The van der Waals surface area contributed by atoms with Crippen LogP contribution in [0.15, 0.2) is 18.2 Å². The second-order valence-corrected chi connectivity index (χ2v) is 4.60. The van der Waals surface area contributed by atoms with E-state index in [4.69, 9.17) is 15.9 Å². The zero-order valence-electron chi connectivity index (χ0n) is 10.9. The third kappa shape index (κ3) is 4.07. The van der Waals surface area contributed by atoms with E-state index in [1.54, 1.807) is 0 Å². The van der Waals surface area contributed by atoms with Crippen molar-refractivity contribution in [3.05, 3.63) is 29.3 Å². The van der Waals surface area contributed by atoms with Crippen LogP contribution in [0.2, 0.25) is 0 Å². The van der Waals surface area contributed by atoms with E-state index < -0.39 is 0 Å². The Morgan fingerprint density at radius 1 is 1.47 bits per heavy atom. The topological polar surface area (TPSA) is 62.3 Å². The van der Waals surface area contributed by atoms with Gasteiger partial charge in [-0.1, -0.05) is 6.07 Å². The summed E-state index contributed by atoms with van der Waals surface area (Å²) >= 11 is 0. The zero-order chi connectivity index (χ0) is 13.0. The van der Waals surface area contributed by atoms with Crippen LogP contribution in [-0.4, -0.2) is 37.5 Å². The van der Waals surface area contributed by atoms with Crippen LogP contribution in [0.3, 0.4) is 0 Å². The zero-order valence-corrected chi connectivity index (χ0v) is 10.9. The van der Waals surface area contributed by atoms with E-state index in [1.165, 1.54) is 0 Å². The summed E-state index contributed by atoms with van der Waals surface area (Å²) in [5.41, 5.74) is 7.29. The van der Waals surface area contributed by atoms with Crippen LogP contribution >= 0.6 is 0 Å². The smallest absolute Gasteiger partial charge is 0.130 e. The van der Waals surface area contributed by atoms with Crippen LogP contribution in [0.5, 0.6) is 5.75 Å². The van der Waals surface area contributed by atoms with Crippen LogP contribution in [0, 0.1) is 12.3 Å². The molecule has 3 N–H and O–H groups in total. The maximum atomic E-state index is 7.52. The van der Waals surface area contributed by atoms with Gasteiger partial charge >= 0.3 is 0 Å². The minimum atomic E-state index is 0.0389. The first-order chi connectivity index (χ1) is 7.90. The first-order valence-electron chi connectivity index (χ1n) is 5.66. The molecule has 4 nitrogen and oxygen atoms in total. The number of ether oxygens (including phenoxy) is 1. The van der Waals surface area contributed by atoms with Gasteiger partial charge in [0.25, 0.3) is 0 Å². The molecule has 94 valence electrons. The molecule has 0 amide bonds. The standard InChI is InChI=1S/C13H21N3O/c1-9-5-6-11(13(14)15)12(7-9)17-10(2)8-16(3)4/h5-7,10H,8H2,1-4H3,(H3,14,15). The third-order valence-corrected chi connectivity index (χ3v) is 2.38. The average molecular weight is 235 g/mol. The van der Waals surface area contributed by atoms with E-state index >= 15 is 0 Å². The summed E-state index contributed by atoms with van der Waals surface area (Å²) in [4.78, 5) is 2.06. The Morgan fingerprint density at radius 2 is 2.12 bits per heavy atom. The second kappa shape index (κ2) is 5.68. The van der Waals surface area contributed by atoms with Crippen molar-refractivity contribution in [2.45, 2.75) is 20.0 Å². The maximum absolute atomic E-state index is 7.52. The Hall–Kier alpha value is -1.55. The van der Waals surface area contributed by atoms with Gasteiger partial charge < -0.3 is 15.4 Å². The summed E-state index contributed by atoms with van der Waals surface area (Å²) in [6.07, 6.45) is 0.0601. The van der Waals surface area contributed by atoms with Gasteiger partial charge in [0.1, 0.15) is 17.7 Å². The largest absolute Gasteiger partial charge is 0.489 e. The fourth-order valence-corrected chi connectivity index (χ4v) is 1.72. The lowest BCUT2D eigenvalue weighted by Crippen LogP contribution is -2.28. The van der Waals surface area contributed by atoms with E-state index in [-0.39, 0.29) is 11.9 Å². The molecule has 1 rings (SSSR count). The Balaban J connectivity index is 2.88.